The SMILES string of the molecule is C#CCN(CC1CC1)S(=O)(=O)c1ccc(NC)cc1. The number of terminal acetylenes is 1. The van der Waals surface area contributed by atoms with Crippen LogP contribution in [0.2, 0.25) is 0 Å². The van der Waals surface area contributed by atoms with Crippen molar-refractivity contribution >= 4 is 15.7 Å². The third-order valence-corrected chi connectivity index (χ3v) is 5.03. The molecule has 5 heteroatoms. The number of benzene rings is 1. The van der Waals surface area contributed by atoms with E-state index in [2.05, 4.69) is 11.2 Å². The van der Waals surface area contributed by atoms with Gasteiger partial charge in [-0.05, 0) is 43.0 Å². The van der Waals surface area contributed by atoms with E-state index in [0.717, 1.165) is 18.5 Å². The first-order valence-corrected chi connectivity index (χ1v) is 7.73. The molecule has 0 aromatic heterocycles. The first kappa shape index (κ1) is 13.9. The van der Waals surface area contributed by atoms with E-state index in [9.17, 15) is 8.42 Å². The first-order chi connectivity index (χ1) is 9.07. The van der Waals surface area contributed by atoms with Gasteiger partial charge in [-0.25, -0.2) is 8.42 Å². The second-order valence-corrected chi connectivity index (χ2v) is 6.66. The fraction of sp³-hybridized carbons (Fsp3) is 0.429. The predicted octanol–water partition coefficient (Wildman–Crippen LogP) is 1.76. The third kappa shape index (κ3) is 3.28. The maximum Gasteiger partial charge on any atom is 0.243 e. The van der Waals surface area contributed by atoms with Gasteiger partial charge in [0, 0.05) is 19.3 Å². The number of nitrogens with one attached hydrogen (secondary N) is 1. The second-order valence-electron chi connectivity index (χ2n) is 4.72. The van der Waals surface area contributed by atoms with Crippen LogP contribution in [-0.4, -0.2) is 32.9 Å². The summed E-state index contributed by atoms with van der Waals surface area (Å²) in [5, 5.41) is 2.96. The molecule has 2 rings (SSSR count). The smallest absolute Gasteiger partial charge is 0.243 e. The number of sulfonamides is 1. The number of nitrogens with zero attached hydrogens (tertiary/aromatic N) is 1. The predicted molar refractivity (Wildman–Crippen MR) is 76.3 cm³/mol. The van der Waals surface area contributed by atoms with Crippen LogP contribution in [0.25, 0.3) is 0 Å². The normalized spacial score (nSPS) is 15.2. The molecule has 1 aromatic carbocycles. The van der Waals surface area contributed by atoms with Gasteiger partial charge in [-0.2, -0.15) is 4.31 Å². The Hall–Kier alpha value is -1.51. The van der Waals surface area contributed by atoms with Crippen molar-refractivity contribution in [2.24, 2.45) is 5.92 Å². The molecule has 1 fully saturated rings. The topological polar surface area (TPSA) is 49.4 Å². The average molecular weight is 278 g/mol. The van der Waals surface area contributed by atoms with Crippen LogP contribution < -0.4 is 5.32 Å². The lowest BCUT2D eigenvalue weighted by Crippen LogP contribution is -2.33. The summed E-state index contributed by atoms with van der Waals surface area (Å²) in [6.07, 6.45) is 7.46. The summed E-state index contributed by atoms with van der Waals surface area (Å²) in [5.74, 6) is 2.91. The zero-order valence-electron chi connectivity index (χ0n) is 11.0. The van der Waals surface area contributed by atoms with Crippen molar-refractivity contribution in [2.75, 3.05) is 25.5 Å². The van der Waals surface area contributed by atoms with E-state index in [-0.39, 0.29) is 6.54 Å². The van der Waals surface area contributed by atoms with Crippen LogP contribution in [0, 0.1) is 18.3 Å². The number of hydrogen-bond donors (Lipinski definition) is 1. The molecule has 0 spiro atoms. The van der Waals surface area contributed by atoms with Gasteiger partial charge in [0.05, 0.1) is 11.4 Å². The molecule has 1 saturated carbocycles. The molecule has 1 N–H and O–H groups in total. The van der Waals surface area contributed by atoms with Crippen molar-refractivity contribution in [3.63, 3.8) is 0 Å². The van der Waals surface area contributed by atoms with Gasteiger partial charge in [0.2, 0.25) is 10.0 Å². The maximum atomic E-state index is 12.5. The standard InChI is InChI=1S/C14H18N2O2S/c1-3-10-16(11-12-4-5-12)19(17,18)14-8-6-13(15-2)7-9-14/h1,6-9,12,15H,4-5,10-11H2,2H3. The summed E-state index contributed by atoms with van der Waals surface area (Å²) in [6.45, 7) is 0.660. The van der Waals surface area contributed by atoms with Crippen molar-refractivity contribution < 1.29 is 8.42 Å². The number of anilines is 1. The first-order valence-electron chi connectivity index (χ1n) is 6.29. The lowest BCUT2D eigenvalue weighted by molar-refractivity contribution is 0.430. The molecule has 0 radical (unpaired) electrons. The lowest BCUT2D eigenvalue weighted by Gasteiger charge is -2.19. The van der Waals surface area contributed by atoms with Gasteiger partial charge >= 0.3 is 0 Å². The highest BCUT2D eigenvalue weighted by molar-refractivity contribution is 7.89. The van der Waals surface area contributed by atoms with Crippen LogP contribution in [0.4, 0.5) is 5.69 Å². The Morgan fingerprint density at radius 3 is 2.47 bits per heavy atom. The fourth-order valence-electron chi connectivity index (χ4n) is 1.88. The second kappa shape index (κ2) is 5.64. The van der Waals surface area contributed by atoms with E-state index in [1.165, 1.54) is 4.31 Å². The molecule has 102 valence electrons. The van der Waals surface area contributed by atoms with Crippen molar-refractivity contribution in [1.29, 1.82) is 0 Å². The molecular weight excluding hydrogens is 260 g/mol. The molecule has 0 atom stereocenters. The molecule has 0 bridgehead atoms. The minimum atomic E-state index is -3.48. The summed E-state index contributed by atoms with van der Waals surface area (Å²) in [5.41, 5.74) is 0.879. The molecule has 1 aliphatic rings. The molecule has 0 amide bonds. The van der Waals surface area contributed by atoms with Crippen molar-refractivity contribution in [3.05, 3.63) is 24.3 Å². The van der Waals surface area contributed by atoms with Gasteiger partial charge in [0.1, 0.15) is 0 Å². The summed E-state index contributed by atoms with van der Waals surface area (Å²) in [6, 6.07) is 6.71. The molecule has 0 aliphatic heterocycles. The Morgan fingerprint density at radius 2 is 2.00 bits per heavy atom. The summed E-state index contributed by atoms with van der Waals surface area (Å²) in [7, 11) is -1.69. The summed E-state index contributed by atoms with van der Waals surface area (Å²) in [4.78, 5) is 0.294. The van der Waals surface area contributed by atoms with Crippen LogP contribution in [-0.2, 0) is 10.0 Å². The molecule has 0 unspecified atom stereocenters. The quantitative estimate of drug-likeness (QED) is 0.807. The molecule has 1 aliphatic carbocycles. The number of hydrogen-bond acceptors (Lipinski definition) is 3. The van der Waals surface area contributed by atoms with Crippen LogP contribution in [0.15, 0.2) is 29.2 Å². The van der Waals surface area contributed by atoms with Gasteiger partial charge in [0.25, 0.3) is 0 Å². The van der Waals surface area contributed by atoms with E-state index in [4.69, 9.17) is 6.42 Å². The van der Waals surface area contributed by atoms with Crippen molar-refractivity contribution in [3.8, 4) is 12.3 Å². The van der Waals surface area contributed by atoms with E-state index >= 15 is 0 Å². The number of rotatable bonds is 6. The zero-order chi connectivity index (χ0) is 13.9. The summed E-state index contributed by atoms with van der Waals surface area (Å²) < 4.78 is 26.4. The Bertz CT molecular complexity index is 568. The fourth-order valence-corrected chi connectivity index (χ4v) is 3.31. The lowest BCUT2D eigenvalue weighted by atomic mass is 10.3. The summed E-state index contributed by atoms with van der Waals surface area (Å²) >= 11 is 0. The van der Waals surface area contributed by atoms with Crippen LogP contribution >= 0.6 is 0 Å². The average Bonchev–Trinajstić information content (AvgIpc) is 3.22. The Balaban J connectivity index is 2.23. The van der Waals surface area contributed by atoms with Crippen LogP contribution in [0.5, 0.6) is 0 Å². The van der Waals surface area contributed by atoms with E-state index in [0.29, 0.717) is 17.4 Å². The maximum absolute atomic E-state index is 12.5. The van der Waals surface area contributed by atoms with Gasteiger partial charge in [-0.1, -0.05) is 5.92 Å². The Labute approximate surface area is 114 Å². The van der Waals surface area contributed by atoms with Crippen LogP contribution in [0.1, 0.15) is 12.8 Å². The van der Waals surface area contributed by atoms with Gasteiger partial charge < -0.3 is 5.32 Å². The van der Waals surface area contributed by atoms with Gasteiger partial charge in [-0.3, -0.25) is 0 Å². The largest absolute Gasteiger partial charge is 0.388 e. The van der Waals surface area contributed by atoms with Crippen LogP contribution in [0.3, 0.4) is 0 Å². The highest BCUT2D eigenvalue weighted by atomic mass is 32.2. The monoisotopic (exact) mass is 278 g/mol. The van der Waals surface area contributed by atoms with Gasteiger partial charge in [-0.15, -0.1) is 6.42 Å². The molecule has 4 nitrogen and oxygen atoms in total. The molecule has 19 heavy (non-hydrogen) atoms. The molecule has 0 saturated heterocycles. The third-order valence-electron chi connectivity index (χ3n) is 3.21. The van der Waals surface area contributed by atoms with Crippen molar-refractivity contribution in [2.45, 2.75) is 17.7 Å². The zero-order valence-corrected chi connectivity index (χ0v) is 11.8. The van der Waals surface area contributed by atoms with Gasteiger partial charge in [0.15, 0.2) is 0 Å². The Kier molecular flexibility index (Phi) is 4.13. The minimum absolute atomic E-state index is 0.132. The Morgan fingerprint density at radius 1 is 1.37 bits per heavy atom. The molecular formula is C14H18N2O2S. The van der Waals surface area contributed by atoms with E-state index in [1.807, 2.05) is 0 Å². The highest BCUT2D eigenvalue weighted by Gasteiger charge is 2.31. The minimum Gasteiger partial charge on any atom is -0.388 e. The molecule has 0 heterocycles. The van der Waals surface area contributed by atoms with E-state index < -0.39 is 10.0 Å². The van der Waals surface area contributed by atoms with Crippen molar-refractivity contribution in [1.82, 2.24) is 4.31 Å². The van der Waals surface area contributed by atoms with E-state index in [1.54, 1.807) is 31.3 Å². The molecule has 1 aromatic rings. The highest BCUT2D eigenvalue weighted by Crippen LogP contribution is 2.31.